The van der Waals surface area contributed by atoms with Gasteiger partial charge < -0.3 is 10.1 Å². The van der Waals surface area contributed by atoms with Gasteiger partial charge in [0, 0.05) is 13.6 Å². The van der Waals surface area contributed by atoms with Crippen LogP contribution in [0.4, 0.5) is 0 Å². The van der Waals surface area contributed by atoms with E-state index in [4.69, 9.17) is 4.74 Å². The maximum absolute atomic E-state index is 11.7. The molecule has 1 heterocycles. The number of imide groups is 1. The Labute approximate surface area is 112 Å². The first-order chi connectivity index (χ1) is 9.13. The molecule has 1 fully saturated rings. The fourth-order valence-corrected chi connectivity index (χ4v) is 2.21. The number of carbonyl (C=O) groups excluding carboxylic acids is 2. The van der Waals surface area contributed by atoms with Crippen LogP contribution in [0, 0.1) is 0 Å². The molecule has 0 saturated carbocycles. The number of rotatable bonds is 5. The molecule has 0 radical (unpaired) electrons. The van der Waals surface area contributed by atoms with E-state index in [0.717, 1.165) is 17.7 Å². The average molecular weight is 262 g/mol. The summed E-state index contributed by atoms with van der Waals surface area (Å²) in [6, 6.07) is 7.40. The zero-order valence-electron chi connectivity index (χ0n) is 11.2. The van der Waals surface area contributed by atoms with Crippen molar-refractivity contribution >= 4 is 11.8 Å². The summed E-state index contributed by atoms with van der Waals surface area (Å²) in [6.45, 7) is 0.637. The van der Waals surface area contributed by atoms with Crippen molar-refractivity contribution in [2.45, 2.75) is 18.9 Å². The van der Waals surface area contributed by atoms with Crippen LogP contribution in [0.2, 0.25) is 0 Å². The predicted octanol–water partition coefficient (Wildman–Crippen LogP) is 0.585. The number of benzene rings is 1. The van der Waals surface area contributed by atoms with Gasteiger partial charge in [-0.25, -0.2) is 0 Å². The van der Waals surface area contributed by atoms with Crippen molar-refractivity contribution in [2.75, 3.05) is 20.7 Å². The van der Waals surface area contributed by atoms with E-state index >= 15 is 0 Å². The van der Waals surface area contributed by atoms with E-state index in [0.29, 0.717) is 6.54 Å². The van der Waals surface area contributed by atoms with E-state index in [1.165, 1.54) is 11.9 Å². The molecule has 0 aliphatic carbocycles. The third kappa shape index (κ3) is 2.93. The molecular weight excluding hydrogens is 244 g/mol. The molecular formula is C14H18N2O3. The normalized spacial score (nSPS) is 19.1. The molecule has 1 aliphatic rings. The Kier molecular flexibility index (Phi) is 4.16. The van der Waals surface area contributed by atoms with Crippen LogP contribution >= 0.6 is 0 Å². The number of methoxy groups -OCH3 is 1. The van der Waals surface area contributed by atoms with Gasteiger partial charge in [-0.15, -0.1) is 0 Å². The molecule has 102 valence electrons. The smallest absolute Gasteiger partial charge is 0.246 e. The highest BCUT2D eigenvalue weighted by molar-refractivity contribution is 6.05. The van der Waals surface area contributed by atoms with Crippen molar-refractivity contribution in [2.24, 2.45) is 0 Å². The molecule has 5 heteroatoms. The highest BCUT2D eigenvalue weighted by atomic mass is 16.5. The van der Waals surface area contributed by atoms with Crippen molar-refractivity contribution < 1.29 is 14.3 Å². The van der Waals surface area contributed by atoms with Crippen LogP contribution in [0.15, 0.2) is 24.3 Å². The Morgan fingerprint density at radius 1 is 1.37 bits per heavy atom. The van der Waals surface area contributed by atoms with Gasteiger partial charge in [-0.1, -0.05) is 18.2 Å². The van der Waals surface area contributed by atoms with E-state index in [1.807, 2.05) is 24.3 Å². The topological polar surface area (TPSA) is 58.6 Å². The number of nitrogens with one attached hydrogen (secondary N) is 1. The van der Waals surface area contributed by atoms with Crippen molar-refractivity contribution in [3.8, 4) is 5.75 Å². The number of carbonyl (C=O) groups is 2. The van der Waals surface area contributed by atoms with Crippen LogP contribution in [0.25, 0.3) is 0 Å². The van der Waals surface area contributed by atoms with Crippen molar-refractivity contribution in [1.82, 2.24) is 10.2 Å². The van der Waals surface area contributed by atoms with E-state index in [1.54, 1.807) is 7.11 Å². The van der Waals surface area contributed by atoms with Crippen LogP contribution in [-0.4, -0.2) is 43.5 Å². The zero-order valence-corrected chi connectivity index (χ0v) is 11.2. The Balaban J connectivity index is 1.87. The molecule has 1 atom stereocenters. The Hall–Kier alpha value is -1.88. The lowest BCUT2D eigenvalue weighted by atomic mass is 10.1. The second kappa shape index (κ2) is 5.84. The number of hydrogen-bond donors (Lipinski definition) is 1. The number of likely N-dealkylation sites (tertiary alicyclic amines) is 1. The number of likely N-dealkylation sites (N-methyl/N-ethyl adjacent to an activating group) is 1. The van der Waals surface area contributed by atoms with E-state index < -0.39 is 0 Å². The Bertz CT molecular complexity index is 487. The summed E-state index contributed by atoms with van der Waals surface area (Å²) in [7, 11) is 3.16. The predicted molar refractivity (Wildman–Crippen MR) is 70.9 cm³/mol. The van der Waals surface area contributed by atoms with Gasteiger partial charge in [0.15, 0.2) is 0 Å². The maximum atomic E-state index is 11.7. The second-order valence-electron chi connectivity index (χ2n) is 4.56. The minimum atomic E-state index is -0.382. The number of para-hydroxylation sites is 1. The number of ether oxygens (including phenoxy) is 1. The Morgan fingerprint density at radius 2 is 2.11 bits per heavy atom. The number of nitrogens with zero attached hydrogens (tertiary/aromatic N) is 1. The molecule has 0 bridgehead atoms. The summed E-state index contributed by atoms with van der Waals surface area (Å²) < 4.78 is 5.27. The van der Waals surface area contributed by atoms with Crippen LogP contribution in [-0.2, 0) is 16.0 Å². The third-order valence-electron chi connectivity index (χ3n) is 3.36. The average Bonchev–Trinajstić information content (AvgIpc) is 2.67. The fraction of sp³-hybridized carbons (Fsp3) is 0.429. The van der Waals surface area contributed by atoms with Gasteiger partial charge >= 0.3 is 0 Å². The molecule has 1 aromatic carbocycles. The van der Waals surface area contributed by atoms with E-state index in [-0.39, 0.29) is 24.3 Å². The van der Waals surface area contributed by atoms with Gasteiger partial charge in [0.05, 0.1) is 19.6 Å². The molecule has 1 N–H and O–H groups in total. The molecule has 1 aliphatic heterocycles. The van der Waals surface area contributed by atoms with Gasteiger partial charge in [-0.05, 0) is 18.1 Å². The summed E-state index contributed by atoms with van der Waals surface area (Å²) in [6.07, 6.45) is 1.01. The van der Waals surface area contributed by atoms with Gasteiger partial charge in [0.1, 0.15) is 5.75 Å². The van der Waals surface area contributed by atoms with Gasteiger partial charge in [-0.3, -0.25) is 14.5 Å². The van der Waals surface area contributed by atoms with Crippen LogP contribution < -0.4 is 10.1 Å². The molecule has 2 amide bonds. The summed E-state index contributed by atoms with van der Waals surface area (Å²) in [5, 5.41) is 3.12. The van der Waals surface area contributed by atoms with Crippen LogP contribution in [0.1, 0.15) is 12.0 Å². The first-order valence-corrected chi connectivity index (χ1v) is 6.29. The lowest BCUT2D eigenvalue weighted by molar-refractivity contribution is -0.137. The zero-order chi connectivity index (χ0) is 13.8. The van der Waals surface area contributed by atoms with E-state index in [2.05, 4.69) is 5.32 Å². The first kappa shape index (κ1) is 13.5. The number of amides is 2. The molecule has 0 aromatic heterocycles. The largest absolute Gasteiger partial charge is 0.496 e. The van der Waals surface area contributed by atoms with E-state index in [9.17, 15) is 9.59 Å². The SMILES string of the molecule is COc1ccccc1CCNC1CC(=O)N(C)C1=O. The molecule has 1 unspecified atom stereocenters. The first-order valence-electron chi connectivity index (χ1n) is 6.29. The lowest BCUT2D eigenvalue weighted by Crippen LogP contribution is -2.38. The highest BCUT2D eigenvalue weighted by Gasteiger charge is 2.35. The van der Waals surface area contributed by atoms with Gasteiger partial charge in [0.25, 0.3) is 0 Å². The summed E-state index contributed by atoms with van der Waals surface area (Å²) in [5.74, 6) is 0.570. The molecule has 19 heavy (non-hydrogen) atoms. The highest BCUT2D eigenvalue weighted by Crippen LogP contribution is 2.17. The van der Waals surface area contributed by atoms with Crippen LogP contribution in [0.3, 0.4) is 0 Å². The molecule has 1 saturated heterocycles. The quantitative estimate of drug-likeness (QED) is 0.789. The fourth-order valence-electron chi connectivity index (χ4n) is 2.21. The molecule has 5 nitrogen and oxygen atoms in total. The standard InChI is InChI=1S/C14H18N2O3/c1-16-13(17)9-11(14(16)18)15-8-7-10-5-3-4-6-12(10)19-2/h3-6,11,15H,7-9H2,1-2H3. The monoisotopic (exact) mass is 262 g/mol. The van der Waals surface area contributed by atoms with Gasteiger partial charge in [0.2, 0.25) is 11.8 Å². The van der Waals surface area contributed by atoms with Crippen molar-refractivity contribution in [3.05, 3.63) is 29.8 Å². The third-order valence-corrected chi connectivity index (χ3v) is 3.36. The molecule has 1 aromatic rings. The van der Waals surface area contributed by atoms with Crippen molar-refractivity contribution in [3.63, 3.8) is 0 Å². The number of hydrogen-bond acceptors (Lipinski definition) is 4. The summed E-state index contributed by atoms with van der Waals surface area (Å²) in [5.41, 5.74) is 1.09. The Morgan fingerprint density at radius 3 is 2.74 bits per heavy atom. The van der Waals surface area contributed by atoms with Crippen LogP contribution in [0.5, 0.6) is 5.75 Å². The summed E-state index contributed by atoms with van der Waals surface area (Å²) >= 11 is 0. The minimum absolute atomic E-state index is 0.125. The van der Waals surface area contributed by atoms with Gasteiger partial charge in [-0.2, -0.15) is 0 Å². The minimum Gasteiger partial charge on any atom is -0.496 e. The maximum Gasteiger partial charge on any atom is 0.246 e. The lowest BCUT2D eigenvalue weighted by Gasteiger charge is -2.12. The van der Waals surface area contributed by atoms with Crippen molar-refractivity contribution in [1.29, 1.82) is 0 Å². The molecule has 0 spiro atoms. The second-order valence-corrected chi connectivity index (χ2v) is 4.56. The molecule has 2 rings (SSSR count). The summed E-state index contributed by atoms with van der Waals surface area (Å²) in [4.78, 5) is 24.3.